The molecule has 0 aliphatic heterocycles. The average molecular weight is 239 g/mol. The Morgan fingerprint density at radius 3 is 2.46 bits per heavy atom. The summed E-state index contributed by atoms with van der Waals surface area (Å²) in [4.78, 5) is 0.714. The molecule has 0 saturated heterocycles. The molecule has 1 heteroatoms. The zero-order valence-corrected chi connectivity index (χ0v) is 10.00. The Bertz CT molecular complexity index is 261. The zero-order valence-electron chi connectivity index (χ0n) is 8.29. The third-order valence-corrected chi connectivity index (χ3v) is 4.28. The average Bonchev–Trinajstić information content (AvgIpc) is 2.16. The summed E-state index contributed by atoms with van der Waals surface area (Å²) in [6.45, 7) is 5.93. The third-order valence-electron chi connectivity index (χ3n) is 2.11. The Morgan fingerprint density at radius 1 is 1.38 bits per heavy atom. The first-order chi connectivity index (χ1) is 6.27. The molecule has 0 aromatic heterocycles. The molecule has 0 N–H and O–H groups in total. The number of hydrogen-bond acceptors (Lipinski definition) is 0. The first kappa shape index (κ1) is 10.6. The molecule has 0 bridgehead atoms. The van der Waals surface area contributed by atoms with E-state index in [0.717, 1.165) is 6.42 Å². The second-order valence-corrected chi connectivity index (χ2v) is 5.34. The van der Waals surface area contributed by atoms with Crippen molar-refractivity contribution < 1.29 is 0 Å². The van der Waals surface area contributed by atoms with Gasteiger partial charge in [-0.25, -0.2) is 0 Å². The van der Waals surface area contributed by atoms with Crippen LogP contribution in [-0.2, 0) is 0 Å². The molecule has 0 heterocycles. The fourth-order valence-electron chi connectivity index (χ4n) is 1.30. The Balaban J connectivity index is 2.78. The Hall–Kier alpha value is -0.521. The predicted octanol–water partition coefficient (Wildman–Crippen LogP) is 3.36. The number of benzene rings is 1. The van der Waals surface area contributed by atoms with Crippen LogP contribution < -0.4 is 0 Å². The Morgan fingerprint density at radius 2 is 2.00 bits per heavy atom. The Labute approximate surface area is 87.2 Å². The van der Waals surface area contributed by atoms with Gasteiger partial charge in [0, 0.05) is 0 Å². The van der Waals surface area contributed by atoms with Gasteiger partial charge in [0.15, 0.2) is 0 Å². The van der Waals surface area contributed by atoms with Crippen LogP contribution in [0.1, 0.15) is 22.4 Å². The Kier molecular flexibility index (Phi) is 4.27. The van der Waals surface area contributed by atoms with Crippen LogP contribution in [0.2, 0.25) is 5.82 Å². The molecule has 0 fully saturated rings. The van der Waals surface area contributed by atoms with Gasteiger partial charge in [-0.15, -0.1) is 0 Å². The SMILES string of the molecule is C=CCC([Se]C)c1ccc(C)cc1. The van der Waals surface area contributed by atoms with Crippen molar-refractivity contribution in [3.8, 4) is 0 Å². The monoisotopic (exact) mass is 240 g/mol. The topological polar surface area (TPSA) is 0 Å². The van der Waals surface area contributed by atoms with Gasteiger partial charge in [0.2, 0.25) is 0 Å². The van der Waals surface area contributed by atoms with E-state index >= 15 is 0 Å². The predicted molar refractivity (Wildman–Crippen MR) is 60.4 cm³/mol. The van der Waals surface area contributed by atoms with E-state index < -0.39 is 0 Å². The van der Waals surface area contributed by atoms with Crippen molar-refractivity contribution in [2.45, 2.75) is 24.0 Å². The van der Waals surface area contributed by atoms with E-state index in [-0.39, 0.29) is 0 Å². The molecule has 1 aromatic carbocycles. The van der Waals surface area contributed by atoms with Crippen LogP contribution >= 0.6 is 0 Å². The molecule has 70 valence electrons. The van der Waals surface area contributed by atoms with Crippen molar-refractivity contribution in [2.75, 3.05) is 0 Å². The second kappa shape index (κ2) is 5.26. The molecule has 1 rings (SSSR count). The normalized spacial score (nSPS) is 12.5. The first-order valence-corrected chi connectivity index (χ1v) is 7.18. The van der Waals surface area contributed by atoms with Crippen molar-refractivity contribution in [3.63, 3.8) is 0 Å². The van der Waals surface area contributed by atoms with Gasteiger partial charge < -0.3 is 0 Å². The van der Waals surface area contributed by atoms with Crippen LogP contribution in [0.25, 0.3) is 0 Å². The summed E-state index contributed by atoms with van der Waals surface area (Å²) in [6.07, 6.45) is 3.13. The molecule has 0 spiro atoms. The molecule has 1 atom stereocenters. The van der Waals surface area contributed by atoms with Crippen LogP contribution in [0.3, 0.4) is 0 Å². The number of allylic oxidation sites excluding steroid dienone is 1. The molecule has 0 aliphatic carbocycles. The van der Waals surface area contributed by atoms with Gasteiger partial charge in [-0.1, -0.05) is 0 Å². The van der Waals surface area contributed by atoms with Gasteiger partial charge >= 0.3 is 87.0 Å². The summed E-state index contributed by atoms with van der Waals surface area (Å²) in [5.41, 5.74) is 2.80. The number of aryl methyl sites for hydroxylation is 1. The summed E-state index contributed by atoms with van der Waals surface area (Å²) in [5.74, 6) is 2.29. The molecule has 0 aliphatic rings. The van der Waals surface area contributed by atoms with Crippen molar-refractivity contribution >= 4 is 15.0 Å². The van der Waals surface area contributed by atoms with Crippen LogP contribution in [0.15, 0.2) is 36.9 Å². The van der Waals surface area contributed by atoms with E-state index in [9.17, 15) is 0 Å². The molecule has 0 nitrogen and oxygen atoms in total. The molecule has 0 radical (unpaired) electrons. The van der Waals surface area contributed by atoms with E-state index in [1.165, 1.54) is 11.1 Å². The fraction of sp³-hybridized carbons (Fsp3) is 0.333. The van der Waals surface area contributed by atoms with Gasteiger partial charge in [0.1, 0.15) is 0 Å². The third kappa shape index (κ3) is 3.02. The van der Waals surface area contributed by atoms with Crippen LogP contribution in [0.4, 0.5) is 0 Å². The van der Waals surface area contributed by atoms with Crippen LogP contribution in [0.5, 0.6) is 0 Å². The summed E-state index contributed by atoms with van der Waals surface area (Å²) in [7, 11) is 0. The molecule has 13 heavy (non-hydrogen) atoms. The van der Waals surface area contributed by atoms with Gasteiger partial charge in [0.25, 0.3) is 0 Å². The van der Waals surface area contributed by atoms with E-state index in [2.05, 4.69) is 43.6 Å². The van der Waals surface area contributed by atoms with Gasteiger partial charge in [-0.05, 0) is 0 Å². The summed E-state index contributed by atoms with van der Waals surface area (Å²) >= 11 is 0.670. The molecule has 0 amide bonds. The van der Waals surface area contributed by atoms with Gasteiger partial charge in [0.05, 0.1) is 0 Å². The molecule has 1 unspecified atom stereocenters. The summed E-state index contributed by atoms with van der Waals surface area (Å²) in [5, 5.41) is 0. The standard InChI is InChI=1S/C12H16Se/c1-4-5-12(13-3)11-8-6-10(2)7-9-11/h4,6-9,12H,1,5H2,2-3H3. The summed E-state index contributed by atoms with van der Waals surface area (Å²) < 4.78 is 0. The van der Waals surface area contributed by atoms with Gasteiger partial charge in [-0.2, -0.15) is 0 Å². The van der Waals surface area contributed by atoms with Gasteiger partial charge in [-0.3, -0.25) is 0 Å². The van der Waals surface area contributed by atoms with E-state index in [0.29, 0.717) is 19.8 Å². The van der Waals surface area contributed by atoms with E-state index in [4.69, 9.17) is 0 Å². The first-order valence-electron chi connectivity index (χ1n) is 4.48. The maximum atomic E-state index is 3.80. The number of hydrogen-bond donors (Lipinski definition) is 0. The minimum atomic E-state index is 0.670. The zero-order chi connectivity index (χ0) is 9.68. The quantitative estimate of drug-likeness (QED) is 0.558. The van der Waals surface area contributed by atoms with Crippen molar-refractivity contribution in [2.24, 2.45) is 0 Å². The molecular weight excluding hydrogens is 223 g/mol. The van der Waals surface area contributed by atoms with E-state index in [1.807, 2.05) is 6.08 Å². The fourth-order valence-corrected chi connectivity index (χ4v) is 2.89. The van der Waals surface area contributed by atoms with Crippen molar-refractivity contribution in [1.29, 1.82) is 0 Å². The maximum absolute atomic E-state index is 3.80. The summed E-state index contributed by atoms with van der Waals surface area (Å²) in [6, 6.07) is 8.87. The number of rotatable bonds is 4. The molecular formula is C12H16Se. The molecule has 1 aromatic rings. The van der Waals surface area contributed by atoms with Crippen LogP contribution in [-0.4, -0.2) is 15.0 Å². The second-order valence-electron chi connectivity index (χ2n) is 3.16. The van der Waals surface area contributed by atoms with E-state index in [1.54, 1.807) is 0 Å². The van der Waals surface area contributed by atoms with Crippen LogP contribution in [0, 0.1) is 6.92 Å². The van der Waals surface area contributed by atoms with Crippen molar-refractivity contribution in [3.05, 3.63) is 48.0 Å². The molecule has 0 saturated carbocycles. The minimum absolute atomic E-state index is 0.670. The van der Waals surface area contributed by atoms with Crippen molar-refractivity contribution in [1.82, 2.24) is 0 Å².